The van der Waals surface area contributed by atoms with Crippen LogP contribution in [-0.4, -0.2) is 26.6 Å². The van der Waals surface area contributed by atoms with E-state index in [-0.39, 0.29) is 16.8 Å². The minimum atomic E-state index is -0.252. The lowest BCUT2D eigenvalue weighted by atomic mass is 10.3. The summed E-state index contributed by atoms with van der Waals surface area (Å²) in [7, 11) is 0. The van der Waals surface area contributed by atoms with Crippen molar-refractivity contribution in [3.63, 3.8) is 0 Å². The van der Waals surface area contributed by atoms with Crippen molar-refractivity contribution in [1.82, 2.24) is 15.0 Å². The van der Waals surface area contributed by atoms with Gasteiger partial charge in [0.2, 0.25) is 5.91 Å². The number of anilines is 1. The summed E-state index contributed by atoms with van der Waals surface area (Å²) in [5.74, 6) is 0.419. The fraction of sp³-hybridized carbons (Fsp3) is 0.214. The first-order valence-electron chi connectivity index (χ1n) is 6.29. The molecule has 0 aliphatic carbocycles. The minimum Gasteiger partial charge on any atom is -0.323 e. The molecule has 0 radical (unpaired) electrons. The Labute approximate surface area is 137 Å². The number of carbonyl (C=O) groups excluding carboxylic acids is 1. The Kier molecular flexibility index (Phi) is 5.31. The van der Waals surface area contributed by atoms with Gasteiger partial charge in [-0.25, -0.2) is 15.0 Å². The number of nitrogens with one attached hydrogen (secondary N) is 1. The van der Waals surface area contributed by atoms with E-state index in [0.717, 1.165) is 0 Å². The number of thioether (sulfide) groups is 1. The lowest BCUT2D eigenvalue weighted by molar-refractivity contribution is -0.113. The fourth-order valence-corrected chi connectivity index (χ4v) is 2.75. The maximum atomic E-state index is 12.0. The number of aromatic nitrogens is 3. The third-order valence-electron chi connectivity index (χ3n) is 2.65. The van der Waals surface area contributed by atoms with Gasteiger partial charge in [0.25, 0.3) is 0 Å². The zero-order chi connectivity index (χ0) is 16.1. The van der Waals surface area contributed by atoms with Gasteiger partial charge in [-0.15, -0.1) is 0 Å². The summed E-state index contributed by atoms with van der Waals surface area (Å²) in [6, 6.07) is 5.41. The second-order valence-corrected chi connectivity index (χ2v) is 5.65. The zero-order valence-electron chi connectivity index (χ0n) is 11.9. The quantitative estimate of drug-likeness (QED) is 0.525. The molecular weight excluding hydrogens is 322 g/mol. The number of nitrogens with zero attached hydrogens (tertiary/aromatic N) is 4. The Morgan fingerprint density at radius 1 is 1.45 bits per heavy atom. The molecular formula is C14H12ClN5OS. The van der Waals surface area contributed by atoms with Crippen molar-refractivity contribution in [2.24, 2.45) is 0 Å². The lowest BCUT2D eigenvalue weighted by Crippen LogP contribution is -2.15. The molecule has 2 heterocycles. The molecule has 112 valence electrons. The first-order chi connectivity index (χ1) is 10.5. The number of halogens is 1. The second-order valence-electron chi connectivity index (χ2n) is 4.33. The zero-order valence-corrected chi connectivity index (χ0v) is 13.5. The first-order valence-corrected chi connectivity index (χ1v) is 7.66. The van der Waals surface area contributed by atoms with Gasteiger partial charge in [-0.2, -0.15) is 5.26 Å². The molecule has 2 rings (SSSR count). The van der Waals surface area contributed by atoms with Gasteiger partial charge in [-0.1, -0.05) is 23.4 Å². The monoisotopic (exact) mass is 333 g/mol. The summed E-state index contributed by atoms with van der Waals surface area (Å²) < 4.78 is 0. The van der Waals surface area contributed by atoms with Gasteiger partial charge in [0, 0.05) is 6.20 Å². The van der Waals surface area contributed by atoms with Crippen molar-refractivity contribution >= 4 is 35.0 Å². The number of rotatable bonds is 4. The van der Waals surface area contributed by atoms with E-state index in [1.54, 1.807) is 32.2 Å². The van der Waals surface area contributed by atoms with Gasteiger partial charge in [0.15, 0.2) is 5.15 Å². The summed E-state index contributed by atoms with van der Waals surface area (Å²) >= 11 is 7.06. The van der Waals surface area contributed by atoms with E-state index in [2.05, 4.69) is 26.3 Å². The second kappa shape index (κ2) is 7.20. The third-order valence-corrected chi connectivity index (χ3v) is 3.93. The smallest absolute Gasteiger partial charge is 0.234 e. The SMILES string of the molecule is Cc1nc(C)c(C#N)c(SCC(=O)Nc2cccnc2Cl)n1. The maximum absolute atomic E-state index is 12.0. The summed E-state index contributed by atoms with van der Waals surface area (Å²) in [6.07, 6.45) is 1.54. The van der Waals surface area contributed by atoms with Crippen molar-refractivity contribution < 1.29 is 4.79 Å². The van der Waals surface area contributed by atoms with E-state index in [0.29, 0.717) is 27.8 Å². The molecule has 0 unspecified atom stereocenters. The number of carbonyl (C=O) groups is 1. The van der Waals surface area contributed by atoms with E-state index >= 15 is 0 Å². The number of amides is 1. The highest BCUT2D eigenvalue weighted by Crippen LogP contribution is 2.23. The van der Waals surface area contributed by atoms with Gasteiger partial charge < -0.3 is 5.32 Å². The highest BCUT2D eigenvalue weighted by molar-refractivity contribution is 8.00. The first kappa shape index (κ1) is 16.2. The van der Waals surface area contributed by atoms with E-state index in [1.165, 1.54) is 11.8 Å². The lowest BCUT2D eigenvalue weighted by Gasteiger charge is -2.08. The molecule has 0 spiro atoms. The van der Waals surface area contributed by atoms with Crippen LogP contribution in [-0.2, 0) is 4.79 Å². The van der Waals surface area contributed by atoms with Crippen molar-refractivity contribution in [2.45, 2.75) is 18.9 Å². The van der Waals surface area contributed by atoms with Crippen LogP contribution in [0.1, 0.15) is 17.1 Å². The fourth-order valence-electron chi connectivity index (χ4n) is 1.71. The molecule has 0 bridgehead atoms. The number of hydrogen-bond acceptors (Lipinski definition) is 6. The molecule has 6 nitrogen and oxygen atoms in total. The molecule has 0 saturated heterocycles. The number of hydrogen-bond donors (Lipinski definition) is 1. The number of pyridine rings is 1. The normalized spacial score (nSPS) is 10.1. The van der Waals surface area contributed by atoms with Crippen LogP contribution in [0.2, 0.25) is 5.15 Å². The van der Waals surface area contributed by atoms with Crippen molar-refractivity contribution in [1.29, 1.82) is 5.26 Å². The summed E-state index contributed by atoms with van der Waals surface area (Å²) in [5.41, 5.74) is 1.45. The molecule has 22 heavy (non-hydrogen) atoms. The van der Waals surface area contributed by atoms with E-state index < -0.39 is 0 Å². The van der Waals surface area contributed by atoms with Crippen molar-refractivity contribution in [2.75, 3.05) is 11.1 Å². The summed E-state index contributed by atoms with van der Waals surface area (Å²) in [6.45, 7) is 3.49. The molecule has 0 saturated carbocycles. The number of nitriles is 1. The van der Waals surface area contributed by atoms with Crippen LogP contribution in [0, 0.1) is 25.2 Å². The molecule has 0 atom stereocenters. The van der Waals surface area contributed by atoms with Crippen LogP contribution < -0.4 is 5.32 Å². The van der Waals surface area contributed by atoms with Crippen LogP contribution in [0.25, 0.3) is 0 Å². The topological polar surface area (TPSA) is 91.6 Å². The highest BCUT2D eigenvalue weighted by atomic mass is 35.5. The van der Waals surface area contributed by atoms with E-state index in [1.807, 2.05) is 0 Å². The Hall–Kier alpha value is -2.17. The van der Waals surface area contributed by atoms with Gasteiger partial charge in [0.05, 0.1) is 17.1 Å². The van der Waals surface area contributed by atoms with E-state index in [4.69, 9.17) is 16.9 Å². The minimum absolute atomic E-state index is 0.107. The van der Waals surface area contributed by atoms with Gasteiger partial charge in [0.1, 0.15) is 22.5 Å². The average Bonchev–Trinajstić information content (AvgIpc) is 2.47. The van der Waals surface area contributed by atoms with Gasteiger partial charge in [-0.05, 0) is 26.0 Å². The predicted octanol–water partition coefficient (Wildman–Crippen LogP) is 2.74. The largest absolute Gasteiger partial charge is 0.323 e. The van der Waals surface area contributed by atoms with Crippen molar-refractivity contribution in [3.8, 4) is 6.07 Å². The molecule has 0 aromatic carbocycles. The molecule has 1 amide bonds. The molecule has 2 aromatic heterocycles. The highest BCUT2D eigenvalue weighted by Gasteiger charge is 2.13. The molecule has 0 aliphatic heterocycles. The van der Waals surface area contributed by atoms with Gasteiger partial charge in [-0.3, -0.25) is 4.79 Å². The predicted molar refractivity (Wildman–Crippen MR) is 84.8 cm³/mol. The van der Waals surface area contributed by atoms with Gasteiger partial charge >= 0.3 is 0 Å². The van der Waals surface area contributed by atoms with Crippen LogP contribution in [0.15, 0.2) is 23.4 Å². The summed E-state index contributed by atoms with van der Waals surface area (Å²) in [5, 5.41) is 12.6. The molecule has 0 aliphatic rings. The van der Waals surface area contributed by atoms with E-state index in [9.17, 15) is 4.79 Å². The Balaban J connectivity index is 2.06. The molecule has 1 N–H and O–H groups in total. The van der Waals surface area contributed by atoms with Crippen LogP contribution in [0.3, 0.4) is 0 Å². The standard InChI is InChI=1S/C14H12ClN5OS/c1-8-10(6-16)14(19-9(2)18-8)22-7-12(21)20-11-4-3-5-17-13(11)15/h3-5H,7H2,1-2H3,(H,20,21). The number of aryl methyl sites for hydroxylation is 2. The Morgan fingerprint density at radius 3 is 2.91 bits per heavy atom. The average molecular weight is 334 g/mol. The molecule has 0 fully saturated rings. The third kappa shape index (κ3) is 3.93. The van der Waals surface area contributed by atoms with Crippen LogP contribution in [0.4, 0.5) is 5.69 Å². The van der Waals surface area contributed by atoms with Crippen LogP contribution >= 0.6 is 23.4 Å². The Bertz CT molecular complexity index is 759. The molecule has 2 aromatic rings. The molecule has 8 heteroatoms. The van der Waals surface area contributed by atoms with Crippen LogP contribution in [0.5, 0.6) is 0 Å². The summed E-state index contributed by atoms with van der Waals surface area (Å²) in [4.78, 5) is 24.2. The maximum Gasteiger partial charge on any atom is 0.234 e. The van der Waals surface area contributed by atoms with Crippen molar-refractivity contribution in [3.05, 3.63) is 40.6 Å². The Morgan fingerprint density at radius 2 is 2.23 bits per heavy atom.